The maximum atomic E-state index is 12.2. The molecular weight excluding hydrogens is 282 g/mol. The number of hydrogen-bond donors (Lipinski definition) is 1. The average molecular weight is 309 g/mol. The van der Waals surface area contributed by atoms with Gasteiger partial charge in [-0.25, -0.2) is 0 Å². The van der Waals surface area contributed by atoms with Crippen molar-refractivity contribution in [1.29, 1.82) is 0 Å². The van der Waals surface area contributed by atoms with Gasteiger partial charge in [0.05, 0.1) is 0 Å². The first-order chi connectivity index (χ1) is 11.2. The van der Waals surface area contributed by atoms with E-state index in [1.807, 2.05) is 43.3 Å². The van der Waals surface area contributed by atoms with E-state index >= 15 is 0 Å². The Morgan fingerprint density at radius 3 is 2.17 bits per heavy atom. The first-order valence-electron chi connectivity index (χ1n) is 8.66. The molecule has 2 heteroatoms. The standard InChI is InChI=1S/C21H27NO/c1-3-4-5-6-7-8-18-11-13-19(14-12-18)21(23)22-20-15-9-17(2)10-16-20/h9-16H,3-8H2,1-2H3,(H,22,23). The third-order valence-electron chi connectivity index (χ3n) is 4.09. The Labute approximate surface area is 139 Å². The second-order valence-electron chi connectivity index (χ2n) is 6.18. The molecule has 0 bridgehead atoms. The Morgan fingerprint density at radius 2 is 1.52 bits per heavy atom. The molecule has 2 aromatic carbocycles. The molecule has 2 nitrogen and oxygen atoms in total. The molecule has 0 aromatic heterocycles. The molecule has 2 aromatic rings. The molecule has 23 heavy (non-hydrogen) atoms. The summed E-state index contributed by atoms with van der Waals surface area (Å²) in [6.07, 6.45) is 7.57. The third kappa shape index (κ3) is 5.90. The van der Waals surface area contributed by atoms with Crippen LogP contribution in [0.4, 0.5) is 5.69 Å². The van der Waals surface area contributed by atoms with E-state index in [0.717, 1.165) is 12.1 Å². The molecule has 0 saturated heterocycles. The summed E-state index contributed by atoms with van der Waals surface area (Å²) < 4.78 is 0. The summed E-state index contributed by atoms with van der Waals surface area (Å²) in [5.74, 6) is -0.0525. The summed E-state index contributed by atoms with van der Waals surface area (Å²) in [6, 6.07) is 15.8. The molecule has 0 radical (unpaired) electrons. The maximum absolute atomic E-state index is 12.2. The topological polar surface area (TPSA) is 29.1 Å². The monoisotopic (exact) mass is 309 g/mol. The smallest absolute Gasteiger partial charge is 0.255 e. The predicted molar refractivity (Wildman–Crippen MR) is 98.0 cm³/mol. The molecule has 1 N–H and O–H groups in total. The molecule has 0 saturated carbocycles. The molecule has 0 spiro atoms. The molecule has 0 fully saturated rings. The van der Waals surface area contributed by atoms with Gasteiger partial charge in [0.25, 0.3) is 5.91 Å². The molecule has 0 heterocycles. The molecule has 0 aliphatic rings. The van der Waals surface area contributed by atoms with E-state index in [1.54, 1.807) is 0 Å². The minimum atomic E-state index is -0.0525. The fraction of sp³-hybridized carbons (Fsp3) is 0.381. The van der Waals surface area contributed by atoms with Crippen LogP contribution in [0.1, 0.15) is 60.5 Å². The summed E-state index contributed by atoms with van der Waals surface area (Å²) >= 11 is 0. The van der Waals surface area contributed by atoms with Gasteiger partial charge in [-0.1, -0.05) is 62.4 Å². The highest BCUT2D eigenvalue weighted by Crippen LogP contribution is 2.13. The molecule has 0 unspecified atom stereocenters. The zero-order valence-electron chi connectivity index (χ0n) is 14.3. The lowest BCUT2D eigenvalue weighted by molar-refractivity contribution is 0.102. The number of nitrogens with one attached hydrogen (secondary N) is 1. The van der Waals surface area contributed by atoms with Crippen molar-refractivity contribution in [2.24, 2.45) is 0 Å². The summed E-state index contributed by atoms with van der Waals surface area (Å²) in [7, 11) is 0. The lowest BCUT2D eigenvalue weighted by Crippen LogP contribution is -2.11. The van der Waals surface area contributed by atoms with E-state index in [2.05, 4.69) is 24.4 Å². The number of unbranched alkanes of at least 4 members (excludes halogenated alkanes) is 4. The van der Waals surface area contributed by atoms with Crippen LogP contribution in [-0.4, -0.2) is 5.91 Å². The number of aryl methyl sites for hydroxylation is 2. The van der Waals surface area contributed by atoms with Crippen molar-refractivity contribution < 1.29 is 4.79 Å². The zero-order chi connectivity index (χ0) is 16.5. The zero-order valence-corrected chi connectivity index (χ0v) is 14.3. The molecule has 2 rings (SSSR count). The van der Waals surface area contributed by atoms with Crippen LogP contribution in [0.25, 0.3) is 0 Å². The Morgan fingerprint density at radius 1 is 0.870 bits per heavy atom. The fourth-order valence-corrected chi connectivity index (χ4v) is 2.60. The van der Waals surface area contributed by atoms with Crippen LogP contribution < -0.4 is 5.32 Å². The SMILES string of the molecule is CCCCCCCc1ccc(C(=O)Nc2ccc(C)cc2)cc1. The summed E-state index contributed by atoms with van der Waals surface area (Å²) in [5, 5.41) is 2.93. The van der Waals surface area contributed by atoms with Gasteiger partial charge in [-0.05, 0) is 49.6 Å². The predicted octanol–water partition coefficient (Wildman–Crippen LogP) is 5.76. The van der Waals surface area contributed by atoms with E-state index in [9.17, 15) is 4.79 Å². The second kappa shape index (κ2) is 9.14. The number of carbonyl (C=O) groups is 1. The number of rotatable bonds is 8. The van der Waals surface area contributed by atoms with E-state index < -0.39 is 0 Å². The highest BCUT2D eigenvalue weighted by Gasteiger charge is 2.06. The van der Waals surface area contributed by atoms with Gasteiger partial charge in [0.15, 0.2) is 0 Å². The number of hydrogen-bond acceptors (Lipinski definition) is 1. The van der Waals surface area contributed by atoms with Crippen LogP contribution >= 0.6 is 0 Å². The van der Waals surface area contributed by atoms with Gasteiger partial charge in [0, 0.05) is 11.3 Å². The first-order valence-corrected chi connectivity index (χ1v) is 8.66. The van der Waals surface area contributed by atoms with Crippen LogP contribution in [0.2, 0.25) is 0 Å². The van der Waals surface area contributed by atoms with Crippen molar-refractivity contribution in [3.05, 3.63) is 65.2 Å². The lowest BCUT2D eigenvalue weighted by Gasteiger charge is -2.07. The Kier molecular flexibility index (Phi) is 6.86. The van der Waals surface area contributed by atoms with Gasteiger partial charge in [-0.15, -0.1) is 0 Å². The van der Waals surface area contributed by atoms with Crippen LogP contribution in [0.3, 0.4) is 0 Å². The summed E-state index contributed by atoms with van der Waals surface area (Å²) in [4.78, 5) is 12.2. The van der Waals surface area contributed by atoms with Crippen LogP contribution in [0.15, 0.2) is 48.5 Å². The van der Waals surface area contributed by atoms with Gasteiger partial charge in [-0.2, -0.15) is 0 Å². The van der Waals surface area contributed by atoms with E-state index in [0.29, 0.717) is 5.56 Å². The molecule has 0 aliphatic heterocycles. The Bertz CT molecular complexity index is 599. The minimum Gasteiger partial charge on any atom is -0.322 e. The molecule has 1 amide bonds. The van der Waals surface area contributed by atoms with Crippen LogP contribution in [0, 0.1) is 6.92 Å². The van der Waals surface area contributed by atoms with Crippen LogP contribution in [-0.2, 0) is 6.42 Å². The van der Waals surface area contributed by atoms with Crippen molar-refractivity contribution >= 4 is 11.6 Å². The van der Waals surface area contributed by atoms with Crippen molar-refractivity contribution in [2.45, 2.75) is 52.4 Å². The molecule has 0 atom stereocenters. The van der Waals surface area contributed by atoms with Gasteiger partial charge in [-0.3, -0.25) is 4.79 Å². The second-order valence-corrected chi connectivity index (χ2v) is 6.18. The summed E-state index contributed by atoms with van der Waals surface area (Å²) in [6.45, 7) is 4.27. The quantitative estimate of drug-likeness (QED) is 0.617. The number of carbonyl (C=O) groups excluding carboxylic acids is 1. The largest absolute Gasteiger partial charge is 0.322 e. The summed E-state index contributed by atoms with van der Waals surface area (Å²) in [5.41, 5.74) is 4.04. The molecular formula is C21H27NO. The van der Waals surface area contributed by atoms with E-state index in [1.165, 1.54) is 43.2 Å². The Balaban J connectivity index is 1.83. The minimum absolute atomic E-state index is 0.0525. The lowest BCUT2D eigenvalue weighted by atomic mass is 10.0. The van der Waals surface area contributed by atoms with Crippen molar-refractivity contribution in [2.75, 3.05) is 5.32 Å². The van der Waals surface area contributed by atoms with Gasteiger partial charge in [0.1, 0.15) is 0 Å². The average Bonchev–Trinajstić information content (AvgIpc) is 2.57. The normalized spacial score (nSPS) is 10.5. The van der Waals surface area contributed by atoms with Gasteiger partial charge < -0.3 is 5.32 Å². The fourth-order valence-electron chi connectivity index (χ4n) is 2.60. The highest BCUT2D eigenvalue weighted by atomic mass is 16.1. The molecule has 0 aliphatic carbocycles. The van der Waals surface area contributed by atoms with Crippen LogP contribution in [0.5, 0.6) is 0 Å². The van der Waals surface area contributed by atoms with E-state index in [-0.39, 0.29) is 5.91 Å². The van der Waals surface area contributed by atoms with Crippen molar-refractivity contribution in [1.82, 2.24) is 0 Å². The Hall–Kier alpha value is -2.09. The number of benzene rings is 2. The van der Waals surface area contributed by atoms with Crippen molar-refractivity contribution in [3.8, 4) is 0 Å². The highest BCUT2D eigenvalue weighted by molar-refractivity contribution is 6.04. The van der Waals surface area contributed by atoms with E-state index in [4.69, 9.17) is 0 Å². The molecule has 122 valence electrons. The van der Waals surface area contributed by atoms with Crippen molar-refractivity contribution in [3.63, 3.8) is 0 Å². The maximum Gasteiger partial charge on any atom is 0.255 e. The number of anilines is 1. The number of amides is 1. The van der Waals surface area contributed by atoms with Gasteiger partial charge >= 0.3 is 0 Å². The third-order valence-corrected chi connectivity index (χ3v) is 4.09. The first kappa shape index (κ1) is 17.3. The van der Waals surface area contributed by atoms with Gasteiger partial charge in [0.2, 0.25) is 0 Å².